The molecule has 0 aromatic heterocycles. The summed E-state index contributed by atoms with van der Waals surface area (Å²) in [4.78, 5) is 10.2. The van der Waals surface area contributed by atoms with Crippen molar-refractivity contribution in [2.24, 2.45) is 0 Å². The molecule has 0 radical (unpaired) electrons. The Morgan fingerprint density at radius 3 is 2.08 bits per heavy atom. The number of benzene rings is 4. The molecule has 122 valence electrons. The van der Waals surface area contributed by atoms with Crippen LogP contribution in [0.4, 0.5) is 5.69 Å². The molecular weight excluding hydrogens is 333 g/mol. The Kier molecular flexibility index (Phi) is 2.96. The summed E-state index contributed by atoms with van der Waals surface area (Å²) in [7, 11) is -4.00. The van der Waals surface area contributed by atoms with Gasteiger partial charge in [0.15, 0.2) is 0 Å². The van der Waals surface area contributed by atoms with Gasteiger partial charge >= 0.3 is 7.75 Å². The van der Waals surface area contributed by atoms with Crippen LogP contribution in [0.1, 0.15) is 0 Å². The van der Waals surface area contributed by atoms with Gasteiger partial charge in [-0.25, -0.2) is 4.57 Å². The topological polar surface area (TPSA) is 58.6 Å². The zero-order chi connectivity index (χ0) is 17.0. The first-order valence-electron chi connectivity index (χ1n) is 7.97. The normalized spacial score (nSPS) is 18.8. The fourth-order valence-corrected chi connectivity index (χ4v) is 4.48. The van der Waals surface area contributed by atoms with E-state index < -0.39 is 7.75 Å². The van der Waals surface area contributed by atoms with Gasteiger partial charge < -0.3 is 4.52 Å². The van der Waals surface area contributed by atoms with E-state index in [-0.39, 0.29) is 0 Å². The largest absolute Gasteiger partial charge is 0.483 e. The quantitative estimate of drug-likeness (QED) is 0.409. The van der Waals surface area contributed by atoms with Gasteiger partial charge in [-0.2, -0.15) is 0 Å². The van der Waals surface area contributed by atoms with Crippen LogP contribution >= 0.6 is 7.75 Å². The summed E-state index contributed by atoms with van der Waals surface area (Å²) in [5.74, 6) is 0.409. The van der Waals surface area contributed by atoms with Crippen molar-refractivity contribution in [3.05, 3.63) is 72.8 Å². The minimum Gasteiger partial charge on any atom is -0.409 e. The number of fused-ring (bicyclic) bond motifs is 7. The van der Waals surface area contributed by atoms with Crippen molar-refractivity contribution in [2.75, 3.05) is 5.09 Å². The first-order valence-corrected chi connectivity index (χ1v) is 9.55. The predicted octanol–water partition coefficient (Wildman–Crippen LogP) is 5.56. The highest BCUT2D eigenvalue weighted by atomic mass is 31.2. The summed E-state index contributed by atoms with van der Waals surface area (Å²) in [5.41, 5.74) is 2.32. The molecule has 0 bridgehead atoms. The van der Waals surface area contributed by atoms with Crippen molar-refractivity contribution in [3.8, 4) is 16.9 Å². The van der Waals surface area contributed by atoms with Crippen LogP contribution in [0, 0.1) is 0 Å². The monoisotopic (exact) mass is 347 g/mol. The second-order valence-corrected chi connectivity index (χ2v) is 7.54. The molecule has 0 saturated carbocycles. The first kappa shape index (κ1) is 14.5. The van der Waals surface area contributed by atoms with Gasteiger partial charge in [-0.3, -0.25) is 9.98 Å². The molecule has 1 heterocycles. The van der Waals surface area contributed by atoms with E-state index in [9.17, 15) is 9.46 Å². The lowest BCUT2D eigenvalue weighted by atomic mass is 9.92. The smallest absolute Gasteiger partial charge is 0.409 e. The van der Waals surface area contributed by atoms with E-state index in [1.807, 2.05) is 66.7 Å². The van der Waals surface area contributed by atoms with Crippen LogP contribution < -0.4 is 9.61 Å². The number of nitrogens with one attached hydrogen (secondary N) is 1. The zero-order valence-electron chi connectivity index (χ0n) is 13.1. The molecule has 1 unspecified atom stereocenters. The fourth-order valence-electron chi connectivity index (χ4n) is 3.53. The van der Waals surface area contributed by atoms with E-state index in [1.165, 1.54) is 0 Å². The first-order chi connectivity index (χ1) is 12.1. The van der Waals surface area contributed by atoms with Gasteiger partial charge in [0, 0.05) is 11.1 Å². The predicted molar refractivity (Wildman–Crippen MR) is 101 cm³/mol. The van der Waals surface area contributed by atoms with Crippen LogP contribution in [0.25, 0.3) is 32.7 Å². The summed E-state index contributed by atoms with van der Waals surface area (Å²) >= 11 is 0. The van der Waals surface area contributed by atoms with E-state index in [0.29, 0.717) is 11.4 Å². The van der Waals surface area contributed by atoms with Crippen LogP contribution in [0.2, 0.25) is 0 Å². The van der Waals surface area contributed by atoms with Crippen LogP contribution in [-0.2, 0) is 4.57 Å². The summed E-state index contributed by atoms with van der Waals surface area (Å²) in [6.45, 7) is 0. The number of hydrogen-bond donors (Lipinski definition) is 2. The van der Waals surface area contributed by atoms with Gasteiger partial charge in [-0.15, -0.1) is 0 Å². The average Bonchev–Trinajstić information content (AvgIpc) is 2.73. The molecule has 0 aliphatic carbocycles. The molecule has 0 spiro atoms. The van der Waals surface area contributed by atoms with E-state index in [0.717, 1.165) is 32.7 Å². The lowest BCUT2D eigenvalue weighted by molar-refractivity contribution is 0.388. The van der Waals surface area contributed by atoms with Crippen LogP contribution in [-0.4, -0.2) is 4.89 Å². The lowest BCUT2D eigenvalue weighted by Gasteiger charge is -2.14. The Morgan fingerprint density at radius 1 is 0.760 bits per heavy atom. The average molecular weight is 347 g/mol. The van der Waals surface area contributed by atoms with Gasteiger partial charge in [0.05, 0.1) is 5.69 Å². The van der Waals surface area contributed by atoms with Crippen molar-refractivity contribution >= 4 is 35.0 Å². The zero-order valence-corrected chi connectivity index (χ0v) is 14.0. The van der Waals surface area contributed by atoms with Crippen molar-refractivity contribution in [3.63, 3.8) is 0 Å². The highest BCUT2D eigenvalue weighted by molar-refractivity contribution is 7.55. The van der Waals surface area contributed by atoms with Crippen LogP contribution in [0.15, 0.2) is 72.8 Å². The van der Waals surface area contributed by atoms with E-state index >= 15 is 0 Å². The molecule has 0 amide bonds. The van der Waals surface area contributed by atoms with Crippen molar-refractivity contribution in [2.45, 2.75) is 0 Å². The minimum atomic E-state index is -4.00. The molecule has 25 heavy (non-hydrogen) atoms. The Hall–Kier alpha value is -2.81. The molecular formula is C20H14NO3P. The van der Waals surface area contributed by atoms with Gasteiger partial charge in [-0.05, 0) is 33.7 Å². The SMILES string of the molecule is O=P1(O)Nc2ccc3ccccc3c2-c2c(ccc3ccccc23)O1. The van der Waals surface area contributed by atoms with E-state index in [1.54, 1.807) is 6.07 Å². The van der Waals surface area contributed by atoms with Crippen LogP contribution in [0.3, 0.4) is 0 Å². The number of hydrogen-bond acceptors (Lipinski definition) is 2. The third-order valence-electron chi connectivity index (χ3n) is 4.55. The highest BCUT2D eigenvalue weighted by Gasteiger charge is 2.30. The summed E-state index contributed by atoms with van der Waals surface area (Å²) in [5, 5.41) is 6.81. The van der Waals surface area contributed by atoms with Gasteiger partial charge in [0.2, 0.25) is 0 Å². The Morgan fingerprint density at radius 2 is 1.36 bits per heavy atom. The maximum atomic E-state index is 12.5. The molecule has 1 aliphatic rings. The number of anilines is 1. The molecule has 1 atom stereocenters. The second-order valence-electron chi connectivity index (χ2n) is 6.09. The molecule has 0 fully saturated rings. The van der Waals surface area contributed by atoms with Crippen molar-refractivity contribution < 1.29 is 14.0 Å². The summed E-state index contributed by atoms with van der Waals surface area (Å²) in [6, 6.07) is 23.4. The van der Waals surface area contributed by atoms with Crippen molar-refractivity contribution in [1.82, 2.24) is 0 Å². The Balaban J connectivity index is 2.02. The molecule has 1 aliphatic heterocycles. The van der Waals surface area contributed by atoms with Gasteiger partial charge in [-0.1, -0.05) is 60.7 Å². The van der Waals surface area contributed by atoms with Crippen molar-refractivity contribution in [1.29, 1.82) is 0 Å². The van der Waals surface area contributed by atoms with Gasteiger partial charge in [0.1, 0.15) is 5.75 Å². The maximum Gasteiger partial charge on any atom is 0.483 e. The molecule has 5 rings (SSSR count). The molecule has 4 aromatic rings. The molecule has 2 N–H and O–H groups in total. The third kappa shape index (κ3) is 2.23. The van der Waals surface area contributed by atoms with Crippen LogP contribution in [0.5, 0.6) is 5.75 Å². The number of rotatable bonds is 0. The molecule has 4 nitrogen and oxygen atoms in total. The standard InChI is InChI=1S/C20H14NO3P/c22-25(23)21-17-11-9-13-5-1-3-7-15(13)19(17)20-16-8-4-2-6-14(16)10-12-18(20)24-25/h1-12H,(H2,21,22,23). The Bertz CT molecular complexity index is 1110. The molecule has 0 saturated heterocycles. The third-order valence-corrected chi connectivity index (χ3v) is 5.52. The highest BCUT2D eigenvalue weighted by Crippen LogP contribution is 2.55. The fraction of sp³-hybridized carbons (Fsp3) is 0. The van der Waals surface area contributed by atoms with E-state index in [2.05, 4.69) is 5.09 Å². The van der Waals surface area contributed by atoms with E-state index in [4.69, 9.17) is 4.52 Å². The lowest BCUT2D eigenvalue weighted by Crippen LogP contribution is -2.00. The second kappa shape index (κ2) is 5.09. The van der Waals surface area contributed by atoms with Gasteiger partial charge in [0.25, 0.3) is 0 Å². The molecule has 4 aromatic carbocycles. The minimum absolute atomic E-state index is 0.409. The summed E-state index contributed by atoms with van der Waals surface area (Å²) in [6.07, 6.45) is 0. The summed E-state index contributed by atoms with van der Waals surface area (Å²) < 4.78 is 18.0. The Labute approximate surface area is 144 Å². The molecule has 5 heteroatoms. The maximum absolute atomic E-state index is 12.5.